The number of nitrogens with one attached hydrogen (secondary N) is 1. The Morgan fingerprint density at radius 3 is 2.58 bits per heavy atom. The summed E-state index contributed by atoms with van der Waals surface area (Å²) in [6.07, 6.45) is 8.87. The largest absolute Gasteiger partial charge is 0.377 e. The first-order valence-corrected chi connectivity index (χ1v) is 6.91. The van der Waals surface area contributed by atoms with Crippen LogP contribution in [-0.4, -0.2) is 9.97 Å². The summed E-state index contributed by atoms with van der Waals surface area (Å²) in [5, 5.41) is 3.44. The molecule has 19 heavy (non-hydrogen) atoms. The van der Waals surface area contributed by atoms with E-state index in [1.165, 1.54) is 18.4 Å². The zero-order chi connectivity index (χ0) is 13.5. The second-order valence-corrected chi connectivity index (χ2v) is 4.80. The Morgan fingerprint density at radius 1 is 1.16 bits per heavy atom. The Labute approximate surface area is 115 Å². The van der Waals surface area contributed by atoms with Crippen molar-refractivity contribution < 1.29 is 0 Å². The highest BCUT2D eigenvalue weighted by Crippen LogP contribution is 2.18. The Hall–Kier alpha value is -1.90. The van der Waals surface area contributed by atoms with Crippen LogP contribution in [-0.2, 0) is 6.42 Å². The molecule has 0 aliphatic rings. The number of nitrogens with zero attached hydrogens (tertiary/aromatic N) is 2. The zero-order valence-corrected chi connectivity index (χ0v) is 11.6. The minimum Gasteiger partial charge on any atom is -0.377 e. The van der Waals surface area contributed by atoms with Crippen molar-refractivity contribution in [3.8, 4) is 0 Å². The summed E-state index contributed by atoms with van der Waals surface area (Å²) in [7, 11) is 0. The molecule has 0 bridgehead atoms. The van der Waals surface area contributed by atoms with E-state index < -0.39 is 0 Å². The van der Waals surface area contributed by atoms with Gasteiger partial charge >= 0.3 is 0 Å². The Morgan fingerprint density at radius 2 is 1.95 bits per heavy atom. The fourth-order valence-corrected chi connectivity index (χ4v) is 2.01. The van der Waals surface area contributed by atoms with Gasteiger partial charge in [0.25, 0.3) is 0 Å². The van der Waals surface area contributed by atoms with E-state index in [4.69, 9.17) is 0 Å². The maximum absolute atomic E-state index is 4.31. The average Bonchev–Trinajstić information content (AvgIpc) is 2.47. The van der Waals surface area contributed by atoms with Gasteiger partial charge in [-0.2, -0.15) is 0 Å². The van der Waals surface area contributed by atoms with Crippen LogP contribution in [0.1, 0.15) is 44.0 Å². The van der Waals surface area contributed by atoms with Crippen LogP contribution in [0.25, 0.3) is 0 Å². The van der Waals surface area contributed by atoms with Crippen molar-refractivity contribution in [3.63, 3.8) is 0 Å². The minimum atomic E-state index is 0.162. The van der Waals surface area contributed by atoms with Crippen LogP contribution in [0.4, 0.5) is 5.69 Å². The second kappa shape index (κ2) is 6.88. The molecule has 2 rings (SSSR count). The lowest BCUT2D eigenvalue weighted by molar-refractivity contribution is 0.794. The number of hydrogen-bond donors (Lipinski definition) is 1. The Kier molecular flexibility index (Phi) is 4.90. The topological polar surface area (TPSA) is 37.8 Å². The van der Waals surface area contributed by atoms with Crippen molar-refractivity contribution in [2.75, 3.05) is 5.32 Å². The van der Waals surface area contributed by atoms with Crippen LogP contribution < -0.4 is 5.32 Å². The van der Waals surface area contributed by atoms with Crippen LogP contribution in [0, 0.1) is 0 Å². The molecule has 0 fully saturated rings. The highest BCUT2D eigenvalue weighted by atomic mass is 14.9. The van der Waals surface area contributed by atoms with Crippen LogP contribution in [0.5, 0.6) is 0 Å². The van der Waals surface area contributed by atoms with Crippen LogP contribution in [0.2, 0.25) is 0 Å². The van der Waals surface area contributed by atoms with E-state index in [1.54, 1.807) is 18.6 Å². The molecule has 1 unspecified atom stereocenters. The average molecular weight is 255 g/mol. The number of unbranched alkanes of at least 4 members (excludes halogenated alkanes) is 1. The quantitative estimate of drug-likeness (QED) is 0.848. The zero-order valence-electron chi connectivity index (χ0n) is 11.6. The number of aromatic nitrogens is 2. The number of rotatable bonds is 6. The predicted octanol–water partition coefficient (Wildman–Crippen LogP) is 3.99. The normalized spacial score (nSPS) is 12.1. The van der Waals surface area contributed by atoms with Crippen molar-refractivity contribution in [1.82, 2.24) is 9.97 Å². The Balaban J connectivity index is 1.96. The molecular formula is C16H21N3. The third-order valence-electron chi connectivity index (χ3n) is 3.18. The van der Waals surface area contributed by atoms with Crippen molar-refractivity contribution >= 4 is 5.69 Å². The van der Waals surface area contributed by atoms with Crippen LogP contribution in [0.3, 0.4) is 0 Å². The highest BCUT2D eigenvalue weighted by molar-refractivity contribution is 5.46. The summed E-state index contributed by atoms with van der Waals surface area (Å²) in [6.45, 7) is 4.31. The van der Waals surface area contributed by atoms with Crippen molar-refractivity contribution in [3.05, 3.63) is 54.1 Å². The molecule has 1 heterocycles. The van der Waals surface area contributed by atoms with Crippen molar-refractivity contribution in [2.45, 2.75) is 39.2 Å². The molecule has 2 aromatic rings. The molecule has 0 aliphatic heterocycles. The van der Waals surface area contributed by atoms with Crippen LogP contribution in [0.15, 0.2) is 42.9 Å². The van der Waals surface area contributed by atoms with Gasteiger partial charge in [0.1, 0.15) is 0 Å². The van der Waals surface area contributed by atoms with Crippen molar-refractivity contribution in [2.24, 2.45) is 0 Å². The summed E-state index contributed by atoms with van der Waals surface area (Å²) in [5.74, 6) is 0. The molecule has 100 valence electrons. The molecule has 0 radical (unpaired) electrons. The van der Waals surface area contributed by atoms with Gasteiger partial charge in [0.2, 0.25) is 0 Å². The maximum Gasteiger partial charge on any atom is 0.0806 e. The van der Waals surface area contributed by atoms with E-state index in [0.717, 1.165) is 17.8 Å². The van der Waals surface area contributed by atoms with Gasteiger partial charge in [-0.3, -0.25) is 9.97 Å². The lowest BCUT2D eigenvalue weighted by Gasteiger charge is -2.14. The van der Waals surface area contributed by atoms with Gasteiger partial charge in [0, 0.05) is 18.1 Å². The second-order valence-electron chi connectivity index (χ2n) is 4.80. The minimum absolute atomic E-state index is 0.162. The standard InChI is InChI=1S/C16H21N3/c1-3-4-5-14-6-8-15(9-7-14)19-13(2)16-12-17-10-11-18-16/h6-13,19H,3-5H2,1-2H3. The SMILES string of the molecule is CCCCc1ccc(NC(C)c2cnccn2)cc1. The summed E-state index contributed by atoms with van der Waals surface area (Å²) in [5.41, 5.74) is 3.48. The molecule has 0 spiro atoms. The summed E-state index contributed by atoms with van der Waals surface area (Å²) in [6, 6.07) is 8.83. The van der Waals surface area contributed by atoms with Gasteiger partial charge in [-0.05, 0) is 37.5 Å². The van der Waals surface area contributed by atoms with E-state index in [0.29, 0.717) is 0 Å². The van der Waals surface area contributed by atoms with Gasteiger partial charge in [-0.15, -0.1) is 0 Å². The third-order valence-corrected chi connectivity index (χ3v) is 3.18. The molecule has 0 amide bonds. The van der Waals surface area contributed by atoms with Crippen molar-refractivity contribution in [1.29, 1.82) is 0 Å². The molecule has 0 saturated carbocycles. The molecular weight excluding hydrogens is 234 g/mol. The first-order valence-electron chi connectivity index (χ1n) is 6.91. The molecule has 3 heteroatoms. The van der Waals surface area contributed by atoms with E-state index >= 15 is 0 Å². The molecule has 1 N–H and O–H groups in total. The van der Waals surface area contributed by atoms with E-state index in [9.17, 15) is 0 Å². The number of aryl methyl sites for hydroxylation is 1. The van der Waals surface area contributed by atoms with Gasteiger partial charge in [-0.25, -0.2) is 0 Å². The van der Waals surface area contributed by atoms with Gasteiger partial charge in [-0.1, -0.05) is 25.5 Å². The number of anilines is 1. The first-order chi connectivity index (χ1) is 9.29. The summed E-state index contributed by atoms with van der Waals surface area (Å²) >= 11 is 0. The monoisotopic (exact) mass is 255 g/mol. The molecule has 1 aromatic heterocycles. The fourth-order valence-electron chi connectivity index (χ4n) is 2.01. The lowest BCUT2D eigenvalue weighted by atomic mass is 10.1. The van der Waals surface area contributed by atoms with E-state index in [-0.39, 0.29) is 6.04 Å². The summed E-state index contributed by atoms with van der Waals surface area (Å²) in [4.78, 5) is 8.40. The third kappa shape index (κ3) is 4.05. The Bertz CT molecular complexity index is 479. The number of hydrogen-bond acceptors (Lipinski definition) is 3. The van der Waals surface area contributed by atoms with Gasteiger partial charge < -0.3 is 5.32 Å². The molecule has 3 nitrogen and oxygen atoms in total. The predicted molar refractivity (Wildman–Crippen MR) is 79.1 cm³/mol. The maximum atomic E-state index is 4.31. The van der Waals surface area contributed by atoms with Gasteiger partial charge in [0.15, 0.2) is 0 Å². The molecule has 0 saturated heterocycles. The first kappa shape index (κ1) is 13.5. The van der Waals surface area contributed by atoms with Crippen LogP contribution >= 0.6 is 0 Å². The highest BCUT2D eigenvalue weighted by Gasteiger charge is 2.06. The van der Waals surface area contributed by atoms with Gasteiger partial charge in [0.05, 0.1) is 17.9 Å². The molecule has 1 aromatic carbocycles. The van der Waals surface area contributed by atoms with E-state index in [2.05, 4.69) is 53.4 Å². The molecule has 0 aliphatic carbocycles. The lowest BCUT2D eigenvalue weighted by Crippen LogP contribution is -2.08. The summed E-state index contributed by atoms with van der Waals surface area (Å²) < 4.78 is 0. The molecule has 1 atom stereocenters. The fraction of sp³-hybridized carbons (Fsp3) is 0.375. The smallest absolute Gasteiger partial charge is 0.0806 e. The van der Waals surface area contributed by atoms with E-state index in [1.807, 2.05) is 0 Å². The number of benzene rings is 1.